The molecule has 8 aromatic carbocycles. The topological polar surface area (TPSA) is 69.6 Å². The first-order chi connectivity index (χ1) is 28.7. The van der Waals surface area contributed by atoms with Crippen LogP contribution in [0.1, 0.15) is 0 Å². The first-order valence-electron chi connectivity index (χ1n) is 19.4. The summed E-state index contributed by atoms with van der Waals surface area (Å²) in [5.41, 5.74) is 10.5. The highest BCUT2D eigenvalue weighted by Gasteiger charge is 2.20. The Morgan fingerprint density at radius 1 is 0.379 bits per heavy atom. The third kappa shape index (κ3) is 5.12. The number of hydrogen-bond acceptors (Lipinski definition) is 5. The van der Waals surface area contributed by atoms with Gasteiger partial charge in [-0.3, -0.25) is 4.98 Å². The zero-order chi connectivity index (χ0) is 38.2. The minimum atomic E-state index is 0.554. The molecule has 0 aliphatic carbocycles. The van der Waals surface area contributed by atoms with Gasteiger partial charge in [-0.2, -0.15) is 0 Å². The molecule has 0 spiro atoms. The molecule has 4 heterocycles. The first-order valence-corrected chi connectivity index (χ1v) is 19.4. The van der Waals surface area contributed by atoms with E-state index < -0.39 is 0 Å². The third-order valence-corrected chi connectivity index (χ3v) is 11.3. The summed E-state index contributed by atoms with van der Waals surface area (Å²) in [5, 5.41) is 8.07. The minimum absolute atomic E-state index is 0.554. The van der Waals surface area contributed by atoms with Crippen LogP contribution in [0.25, 0.3) is 116 Å². The Labute approximate surface area is 332 Å². The molecule has 0 fully saturated rings. The molecule has 12 aromatic rings. The van der Waals surface area contributed by atoms with Crippen LogP contribution < -0.4 is 0 Å². The zero-order valence-electron chi connectivity index (χ0n) is 31.0. The van der Waals surface area contributed by atoms with E-state index in [0.29, 0.717) is 17.5 Å². The summed E-state index contributed by atoms with van der Waals surface area (Å²) in [6.45, 7) is 0. The summed E-state index contributed by atoms with van der Waals surface area (Å²) >= 11 is 0. The molecule has 0 atom stereocenters. The van der Waals surface area contributed by atoms with E-state index in [4.69, 9.17) is 19.4 Å². The fourth-order valence-electron chi connectivity index (χ4n) is 8.57. The van der Waals surface area contributed by atoms with Crippen molar-refractivity contribution >= 4 is 65.4 Å². The molecule has 0 unspecified atom stereocenters. The lowest BCUT2D eigenvalue weighted by molar-refractivity contribution is 0.668. The Hall–Kier alpha value is -7.96. The van der Waals surface area contributed by atoms with Crippen molar-refractivity contribution in [2.75, 3.05) is 0 Å². The molecule has 6 nitrogen and oxygen atoms in total. The van der Waals surface area contributed by atoms with Crippen LogP contribution in [0.5, 0.6) is 0 Å². The van der Waals surface area contributed by atoms with Gasteiger partial charge in [0, 0.05) is 44.4 Å². The molecule has 0 saturated heterocycles. The number of pyridine rings is 1. The fourth-order valence-corrected chi connectivity index (χ4v) is 8.57. The maximum absolute atomic E-state index is 6.27. The number of nitrogens with zero attached hydrogens (tertiary/aromatic N) is 5. The van der Waals surface area contributed by atoms with Crippen LogP contribution in [0.4, 0.5) is 0 Å². The first kappa shape index (κ1) is 32.3. The molecule has 0 N–H and O–H groups in total. The van der Waals surface area contributed by atoms with Crippen molar-refractivity contribution in [2.24, 2.45) is 0 Å². The lowest BCUT2D eigenvalue weighted by Crippen LogP contribution is -2.02. The number of rotatable bonds is 5. The molecule has 58 heavy (non-hydrogen) atoms. The molecule has 0 aliphatic rings. The van der Waals surface area contributed by atoms with Crippen molar-refractivity contribution in [3.63, 3.8) is 0 Å². The van der Waals surface area contributed by atoms with E-state index in [1.54, 1.807) is 6.20 Å². The number of benzene rings is 8. The van der Waals surface area contributed by atoms with E-state index in [9.17, 15) is 0 Å². The molecular formula is C52H31N5O. The monoisotopic (exact) mass is 741 g/mol. The summed E-state index contributed by atoms with van der Waals surface area (Å²) in [7, 11) is 0. The van der Waals surface area contributed by atoms with Gasteiger partial charge in [-0.1, -0.05) is 127 Å². The van der Waals surface area contributed by atoms with Gasteiger partial charge in [0.2, 0.25) is 0 Å². The average molecular weight is 742 g/mol. The SMILES string of the molecule is c1ccc(-c2cccc(-c3nc(-c4cc(-n5c6ccccc6c6c7ccccc7ccc65)c5ccccc5c4)nc(-c4ccc5c(c4)oc4cccnc45)n3)c2)cc1. The van der Waals surface area contributed by atoms with Crippen LogP contribution in [0.3, 0.4) is 0 Å². The third-order valence-electron chi connectivity index (χ3n) is 11.3. The second kappa shape index (κ2) is 12.8. The lowest BCUT2D eigenvalue weighted by atomic mass is 10.0. The Balaban J connectivity index is 1.11. The molecule has 0 bridgehead atoms. The van der Waals surface area contributed by atoms with Crippen LogP contribution in [-0.4, -0.2) is 24.5 Å². The van der Waals surface area contributed by atoms with Crippen molar-refractivity contribution in [3.8, 4) is 51.0 Å². The number of para-hydroxylation sites is 1. The summed E-state index contributed by atoms with van der Waals surface area (Å²) in [6, 6.07) is 63.5. The normalized spacial score (nSPS) is 11.8. The average Bonchev–Trinajstić information content (AvgIpc) is 3.84. The van der Waals surface area contributed by atoms with Crippen molar-refractivity contribution in [3.05, 3.63) is 188 Å². The van der Waals surface area contributed by atoms with E-state index in [1.807, 2.05) is 36.4 Å². The molecule has 4 aromatic heterocycles. The Bertz CT molecular complexity index is 3590. The maximum atomic E-state index is 6.27. The van der Waals surface area contributed by atoms with Crippen LogP contribution in [-0.2, 0) is 0 Å². The summed E-state index contributed by atoms with van der Waals surface area (Å²) < 4.78 is 8.68. The number of hydrogen-bond donors (Lipinski definition) is 0. The van der Waals surface area contributed by atoms with Gasteiger partial charge in [-0.15, -0.1) is 0 Å². The van der Waals surface area contributed by atoms with Gasteiger partial charge in [0.15, 0.2) is 23.1 Å². The van der Waals surface area contributed by atoms with Gasteiger partial charge in [0.05, 0.1) is 16.7 Å². The van der Waals surface area contributed by atoms with E-state index in [1.165, 1.54) is 21.5 Å². The molecule has 12 rings (SSSR count). The Kier molecular flexibility index (Phi) is 7.13. The van der Waals surface area contributed by atoms with Crippen LogP contribution in [0.15, 0.2) is 193 Å². The van der Waals surface area contributed by atoms with Gasteiger partial charge in [0.1, 0.15) is 11.1 Å². The van der Waals surface area contributed by atoms with E-state index in [-0.39, 0.29) is 0 Å². The van der Waals surface area contributed by atoms with Crippen molar-refractivity contribution < 1.29 is 4.42 Å². The van der Waals surface area contributed by atoms with Crippen LogP contribution >= 0.6 is 0 Å². The van der Waals surface area contributed by atoms with E-state index in [2.05, 4.69) is 155 Å². The second-order valence-electron chi connectivity index (χ2n) is 14.7. The van der Waals surface area contributed by atoms with Crippen molar-refractivity contribution in [1.29, 1.82) is 0 Å². The van der Waals surface area contributed by atoms with Crippen molar-refractivity contribution in [2.45, 2.75) is 0 Å². The van der Waals surface area contributed by atoms with Gasteiger partial charge in [-0.25, -0.2) is 15.0 Å². The summed E-state index contributed by atoms with van der Waals surface area (Å²) in [6.07, 6.45) is 1.79. The van der Waals surface area contributed by atoms with Gasteiger partial charge >= 0.3 is 0 Å². The van der Waals surface area contributed by atoms with Crippen molar-refractivity contribution in [1.82, 2.24) is 24.5 Å². The maximum Gasteiger partial charge on any atom is 0.164 e. The number of fused-ring (bicyclic) bond motifs is 9. The second-order valence-corrected chi connectivity index (χ2v) is 14.7. The highest BCUT2D eigenvalue weighted by molar-refractivity contribution is 6.22. The highest BCUT2D eigenvalue weighted by atomic mass is 16.3. The van der Waals surface area contributed by atoms with Crippen LogP contribution in [0, 0.1) is 0 Å². The molecule has 0 saturated carbocycles. The largest absolute Gasteiger partial charge is 0.454 e. The zero-order valence-corrected chi connectivity index (χ0v) is 31.0. The predicted molar refractivity (Wildman–Crippen MR) is 236 cm³/mol. The molecular weight excluding hydrogens is 711 g/mol. The Morgan fingerprint density at radius 2 is 1.07 bits per heavy atom. The smallest absolute Gasteiger partial charge is 0.164 e. The summed E-state index contributed by atoms with van der Waals surface area (Å²) in [4.78, 5) is 20.2. The quantitative estimate of drug-likeness (QED) is 0.176. The number of furan rings is 1. The molecule has 270 valence electrons. The van der Waals surface area contributed by atoms with Gasteiger partial charge in [-0.05, 0) is 81.9 Å². The molecule has 0 aliphatic heterocycles. The Morgan fingerprint density at radius 3 is 1.93 bits per heavy atom. The number of aromatic nitrogens is 5. The van der Waals surface area contributed by atoms with Crippen LogP contribution in [0.2, 0.25) is 0 Å². The molecule has 0 radical (unpaired) electrons. The lowest BCUT2D eigenvalue weighted by Gasteiger charge is -2.15. The molecule has 6 heteroatoms. The highest BCUT2D eigenvalue weighted by Crippen LogP contribution is 2.40. The molecule has 0 amide bonds. The standard InChI is InChI=1S/C52H31N5O/c1-2-12-32(13-3-1)34-16-10-17-36(28-34)50-54-51(37-23-25-42-47(31-37)58-46-22-11-27-53-49(42)46)56-52(55-50)38-29-35-15-5-6-18-39(35)45(30-38)57-43-21-9-8-20-41(43)48-40-19-7-4-14-33(40)24-26-44(48)57/h1-31H. The summed E-state index contributed by atoms with van der Waals surface area (Å²) in [5.74, 6) is 1.72. The van der Waals surface area contributed by atoms with Gasteiger partial charge in [0.25, 0.3) is 0 Å². The van der Waals surface area contributed by atoms with E-state index >= 15 is 0 Å². The minimum Gasteiger partial charge on any atom is -0.454 e. The fraction of sp³-hybridized carbons (Fsp3) is 0. The van der Waals surface area contributed by atoms with E-state index in [0.717, 1.165) is 77.4 Å². The van der Waals surface area contributed by atoms with Gasteiger partial charge < -0.3 is 8.98 Å². The predicted octanol–water partition coefficient (Wildman–Crippen LogP) is 13.2.